The predicted octanol–water partition coefficient (Wildman–Crippen LogP) is 1.34. The monoisotopic (exact) mass is 381 g/mol. The fourth-order valence-electron chi connectivity index (χ4n) is 1.99. The molecular formula is C17H14F3N3O4. The number of carbonyl (C=O) groups is 3. The Balaban J connectivity index is 1.85. The van der Waals surface area contributed by atoms with Gasteiger partial charge in [0, 0.05) is 0 Å². The van der Waals surface area contributed by atoms with E-state index in [2.05, 4.69) is 5.32 Å². The molecule has 0 bridgehead atoms. The van der Waals surface area contributed by atoms with Crippen LogP contribution in [-0.2, 0) is 9.59 Å². The topological polar surface area (TPSA) is 111 Å². The lowest BCUT2D eigenvalue weighted by atomic mass is 10.2. The summed E-state index contributed by atoms with van der Waals surface area (Å²) in [5.74, 6) is -6.90. The highest BCUT2D eigenvalue weighted by Gasteiger charge is 2.16. The number of anilines is 1. The number of ether oxygens (including phenoxy) is 1. The molecule has 142 valence electrons. The fourth-order valence-corrected chi connectivity index (χ4v) is 1.99. The number of halogens is 3. The summed E-state index contributed by atoms with van der Waals surface area (Å²) in [4.78, 5) is 34.6. The Kier molecular flexibility index (Phi) is 6.36. The molecule has 0 heterocycles. The largest absolute Gasteiger partial charge is 0.483 e. The Morgan fingerprint density at radius 3 is 2.37 bits per heavy atom. The van der Waals surface area contributed by atoms with Crippen LogP contribution in [0.25, 0.3) is 0 Å². The van der Waals surface area contributed by atoms with Gasteiger partial charge < -0.3 is 21.1 Å². The third-order valence-electron chi connectivity index (χ3n) is 3.27. The van der Waals surface area contributed by atoms with Crippen molar-refractivity contribution in [3.8, 4) is 5.75 Å². The molecule has 2 rings (SSSR count). The van der Waals surface area contributed by atoms with Crippen LogP contribution in [0.2, 0.25) is 0 Å². The Hall–Kier alpha value is -3.56. The maximum absolute atomic E-state index is 13.5. The van der Waals surface area contributed by atoms with E-state index in [4.69, 9.17) is 10.5 Å². The summed E-state index contributed by atoms with van der Waals surface area (Å²) in [5, 5.41) is 4.18. The Morgan fingerprint density at radius 2 is 1.67 bits per heavy atom. The molecule has 0 aliphatic rings. The Bertz CT molecular complexity index is 890. The summed E-state index contributed by atoms with van der Waals surface area (Å²) in [6.45, 7) is -1.09. The predicted molar refractivity (Wildman–Crippen MR) is 88.4 cm³/mol. The highest BCUT2D eigenvalue weighted by Crippen LogP contribution is 2.19. The van der Waals surface area contributed by atoms with Crippen LogP contribution in [0.3, 0.4) is 0 Å². The van der Waals surface area contributed by atoms with Gasteiger partial charge in [0.05, 0.1) is 17.8 Å². The molecular weight excluding hydrogens is 367 g/mol. The quantitative estimate of drug-likeness (QED) is 0.629. The molecule has 27 heavy (non-hydrogen) atoms. The molecule has 0 radical (unpaired) electrons. The van der Waals surface area contributed by atoms with Crippen molar-refractivity contribution in [1.29, 1.82) is 0 Å². The molecule has 3 amide bonds. The number of rotatable bonds is 7. The standard InChI is InChI=1S/C17H14F3N3O4/c18-10-5-6-11(16(20)15(10)19)23-13(24)7-22-14(25)8-27-12-4-2-1-3-9(12)17(21)26/h1-6H,7-8H2,(H2,21,26)(H,22,25)(H,23,24). The molecule has 0 saturated carbocycles. The highest BCUT2D eigenvalue weighted by atomic mass is 19.2. The van der Waals surface area contributed by atoms with Crippen molar-refractivity contribution >= 4 is 23.4 Å². The van der Waals surface area contributed by atoms with E-state index in [-0.39, 0.29) is 11.3 Å². The first kappa shape index (κ1) is 19.8. The third-order valence-corrected chi connectivity index (χ3v) is 3.27. The Labute approximate surface area is 151 Å². The number of hydrogen-bond acceptors (Lipinski definition) is 4. The smallest absolute Gasteiger partial charge is 0.258 e. The number of amides is 3. The molecule has 0 spiro atoms. The van der Waals surface area contributed by atoms with Crippen LogP contribution in [0, 0.1) is 17.5 Å². The van der Waals surface area contributed by atoms with Gasteiger partial charge in [-0.05, 0) is 24.3 Å². The molecule has 0 unspecified atom stereocenters. The summed E-state index contributed by atoms with van der Waals surface area (Å²) in [6.07, 6.45) is 0. The van der Waals surface area contributed by atoms with Crippen LogP contribution < -0.4 is 21.1 Å². The third kappa shape index (κ3) is 5.21. The van der Waals surface area contributed by atoms with E-state index < -0.39 is 54.0 Å². The van der Waals surface area contributed by atoms with Gasteiger partial charge in [0.1, 0.15) is 5.75 Å². The number of nitrogens with two attached hydrogens (primary N) is 1. The lowest BCUT2D eigenvalue weighted by Crippen LogP contribution is -2.36. The number of benzene rings is 2. The average molecular weight is 381 g/mol. The Morgan fingerprint density at radius 1 is 0.963 bits per heavy atom. The van der Waals surface area contributed by atoms with E-state index in [1.54, 1.807) is 12.1 Å². The molecule has 0 aliphatic heterocycles. The number of nitrogens with one attached hydrogen (secondary N) is 2. The minimum absolute atomic E-state index is 0.0804. The van der Waals surface area contributed by atoms with Crippen molar-refractivity contribution < 1.29 is 32.3 Å². The summed E-state index contributed by atoms with van der Waals surface area (Å²) >= 11 is 0. The highest BCUT2D eigenvalue weighted by molar-refractivity contribution is 5.96. The molecule has 0 saturated heterocycles. The van der Waals surface area contributed by atoms with Crippen LogP contribution in [0.5, 0.6) is 5.75 Å². The zero-order valence-corrected chi connectivity index (χ0v) is 13.7. The molecule has 10 heteroatoms. The first-order valence-electron chi connectivity index (χ1n) is 7.51. The van der Waals surface area contributed by atoms with Crippen LogP contribution in [0.1, 0.15) is 10.4 Å². The van der Waals surface area contributed by atoms with Gasteiger partial charge in [0.15, 0.2) is 24.1 Å². The normalized spacial score (nSPS) is 10.2. The minimum Gasteiger partial charge on any atom is -0.483 e. The minimum atomic E-state index is -1.72. The van der Waals surface area contributed by atoms with E-state index in [0.717, 1.165) is 6.07 Å². The maximum Gasteiger partial charge on any atom is 0.258 e. The van der Waals surface area contributed by atoms with Gasteiger partial charge in [-0.2, -0.15) is 0 Å². The molecule has 0 aromatic heterocycles. The van der Waals surface area contributed by atoms with Crippen molar-refractivity contribution in [1.82, 2.24) is 5.32 Å². The van der Waals surface area contributed by atoms with Crippen molar-refractivity contribution in [3.63, 3.8) is 0 Å². The van der Waals surface area contributed by atoms with Crippen molar-refractivity contribution in [2.45, 2.75) is 0 Å². The van der Waals surface area contributed by atoms with E-state index in [0.29, 0.717) is 6.07 Å². The molecule has 2 aromatic rings. The molecule has 0 atom stereocenters. The van der Waals surface area contributed by atoms with Gasteiger partial charge >= 0.3 is 0 Å². The van der Waals surface area contributed by atoms with E-state index in [1.807, 2.05) is 5.32 Å². The maximum atomic E-state index is 13.5. The zero-order chi connectivity index (χ0) is 20.0. The van der Waals surface area contributed by atoms with E-state index in [1.165, 1.54) is 12.1 Å². The van der Waals surface area contributed by atoms with Crippen molar-refractivity contribution in [2.24, 2.45) is 5.73 Å². The number of hydrogen-bond donors (Lipinski definition) is 3. The second-order valence-corrected chi connectivity index (χ2v) is 5.20. The molecule has 0 aliphatic carbocycles. The lowest BCUT2D eigenvalue weighted by molar-refractivity contribution is -0.125. The number of carbonyl (C=O) groups excluding carboxylic acids is 3. The van der Waals surface area contributed by atoms with Crippen molar-refractivity contribution in [3.05, 3.63) is 59.4 Å². The number of para-hydroxylation sites is 1. The van der Waals surface area contributed by atoms with Gasteiger partial charge in [-0.1, -0.05) is 12.1 Å². The summed E-state index contributed by atoms with van der Waals surface area (Å²) < 4.78 is 44.5. The lowest BCUT2D eigenvalue weighted by Gasteiger charge is -2.10. The van der Waals surface area contributed by atoms with E-state index >= 15 is 0 Å². The van der Waals surface area contributed by atoms with Crippen LogP contribution in [-0.4, -0.2) is 30.9 Å². The molecule has 7 nitrogen and oxygen atoms in total. The van der Waals surface area contributed by atoms with Gasteiger partial charge in [-0.25, -0.2) is 13.2 Å². The van der Waals surface area contributed by atoms with Crippen LogP contribution in [0.4, 0.5) is 18.9 Å². The van der Waals surface area contributed by atoms with Crippen molar-refractivity contribution in [2.75, 3.05) is 18.5 Å². The first-order chi connectivity index (χ1) is 12.8. The average Bonchev–Trinajstić information content (AvgIpc) is 2.65. The SMILES string of the molecule is NC(=O)c1ccccc1OCC(=O)NCC(=O)Nc1ccc(F)c(F)c1F. The molecule has 0 fully saturated rings. The second-order valence-electron chi connectivity index (χ2n) is 5.20. The van der Waals surface area contributed by atoms with E-state index in [9.17, 15) is 27.6 Å². The zero-order valence-electron chi connectivity index (χ0n) is 13.7. The first-order valence-corrected chi connectivity index (χ1v) is 7.51. The van der Waals surface area contributed by atoms with Gasteiger partial charge in [-0.15, -0.1) is 0 Å². The van der Waals surface area contributed by atoms with Gasteiger partial charge in [0.25, 0.3) is 11.8 Å². The van der Waals surface area contributed by atoms with Crippen LogP contribution in [0.15, 0.2) is 36.4 Å². The van der Waals surface area contributed by atoms with Gasteiger partial charge in [-0.3, -0.25) is 14.4 Å². The summed E-state index contributed by atoms with van der Waals surface area (Å²) in [7, 11) is 0. The number of primary amides is 1. The fraction of sp³-hybridized carbons (Fsp3) is 0.118. The van der Waals surface area contributed by atoms with Crippen LogP contribution >= 0.6 is 0 Å². The molecule has 4 N–H and O–H groups in total. The summed E-state index contributed by atoms with van der Waals surface area (Å²) in [5.41, 5.74) is 4.68. The summed E-state index contributed by atoms with van der Waals surface area (Å²) in [6, 6.07) is 7.48. The van der Waals surface area contributed by atoms with Gasteiger partial charge in [0.2, 0.25) is 5.91 Å². The second kappa shape index (κ2) is 8.70. The molecule has 2 aromatic carbocycles.